The Kier molecular flexibility index (Phi) is 5.86. The molecule has 2 unspecified atom stereocenters. The maximum absolute atomic E-state index is 11.2. The molecule has 0 saturated heterocycles. The summed E-state index contributed by atoms with van der Waals surface area (Å²) in [4.78, 5) is 33.1. The zero-order valence-electron chi connectivity index (χ0n) is 8.83. The maximum Gasteiger partial charge on any atom is 0.247 e. The number of rotatable bonds is 5. The van der Waals surface area contributed by atoms with Crippen molar-refractivity contribution in [2.75, 3.05) is 6.61 Å². The van der Waals surface area contributed by atoms with Crippen LogP contribution in [0.25, 0.3) is 0 Å². The van der Waals surface area contributed by atoms with E-state index in [-0.39, 0.29) is 6.61 Å². The third-order valence-electron chi connectivity index (χ3n) is 2.80. The smallest absolute Gasteiger partial charge is 0.247 e. The van der Waals surface area contributed by atoms with Gasteiger partial charge in [-0.15, -0.1) is 0 Å². The summed E-state index contributed by atoms with van der Waals surface area (Å²) in [5.41, 5.74) is 0. The van der Waals surface area contributed by atoms with Gasteiger partial charge in [0, 0.05) is 0 Å². The van der Waals surface area contributed by atoms with Crippen molar-refractivity contribution in [3.63, 3.8) is 0 Å². The predicted molar refractivity (Wildman–Crippen MR) is 63.2 cm³/mol. The molecule has 1 saturated carbocycles. The van der Waals surface area contributed by atoms with E-state index in [1.807, 2.05) is 0 Å². The van der Waals surface area contributed by atoms with Crippen molar-refractivity contribution in [1.29, 1.82) is 0 Å². The van der Waals surface area contributed by atoms with Gasteiger partial charge in [0.25, 0.3) is 0 Å². The fourth-order valence-electron chi connectivity index (χ4n) is 2.05. The molecule has 0 aliphatic heterocycles. The highest BCUT2D eigenvalue weighted by Crippen LogP contribution is 2.34. The van der Waals surface area contributed by atoms with Gasteiger partial charge < -0.3 is 4.74 Å². The van der Waals surface area contributed by atoms with E-state index >= 15 is 0 Å². The van der Waals surface area contributed by atoms with Crippen molar-refractivity contribution in [1.82, 2.24) is 0 Å². The van der Waals surface area contributed by atoms with Crippen LogP contribution in [0.3, 0.4) is 0 Å². The molecule has 0 amide bonds. The molecule has 0 radical (unpaired) electrons. The number of ether oxygens (including phenoxy) is 1. The Morgan fingerprint density at radius 2 is 1.47 bits per heavy atom. The second-order valence-corrected chi connectivity index (χ2v) is 5.05. The van der Waals surface area contributed by atoms with Crippen LogP contribution in [0, 0.1) is 11.8 Å². The summed E-state index contributed by atoms with van der Waals surface area (Å²) in [7, 11) is 0. The maximum atomic E-state index is 11.2. The van der Waals surface area contributed by atoms with Gasteiger partial charge in [0.05, 0.1) is 17.9 Å². The van der Waals surface area contributed by atoms with Crippen molar-refractivity contribution in [2.45, 2.75) is 25.4 Å². The van der Waals surface area contributed by atoms with Crippen LogP contribution >= 0.6 is 34.8 Å². The van der Waals surface area contributed by atoms with Gasteiger partial charge in [-0.2, -0.15) is 0 Å². The first-order valence-electron chi connectivity index (χ1n) is 5.12. The molecule has 0 bridgehead atoms. The second kappa shape index (κ2) is 6.69. The number of carbonyl (C=O) groups excluding carboxylic acids is 3. The van der Waals surface area contributed by atoms with Crippen LogP contribution in [0.5, 0.6) is 0 Å². The zero-order chi connectivity index (χ0) is 13.0. The van der Waals surface area contributed by atoms with Gasteiger partial charge in [-0.1, -0.05) is 6.42 Å². The minimum atomic E-state index is -0.763. The lowest BCUT2D eigenvalue weighted by Crippen LogP contribution is -2.42. The number of hydrogen-bond donors (Lipinski definition) is 0. The molecule has 1 aliphatic rings. The standard InChI is InChI=1S/C10H11Cl3O4/c11-7(14)4-17-8-5(9(12)15)2-1-3-6(8)10(13)16/h5-6,8H,1-4H2. The molecule has 1 rings (SSSR count). The van der Waals surface area contributed by atoms with Gasteiger partial charge in [0.15, 0.2) is 0 Å². The van der Waals surface area contributed by atoms with Gasteiger partial charge in [-0.25, -0.2) is 0 Å². The van der Waals surface area contributed by atoms with Crippen molar-refractivity contribution < 1.29 is 19.1 Å². The van der Waals surface area contributed by atoms with Crippen LogP contribution < -0.4 is 0 Å². The van der Waals surface area contributed by atoms with Crippen LogP contribution in [0.1, 0.15) is 19.3 Å². The van der Waals surface area contributed by atoms with Crippen LogP contribution in [-0.2, 0) is 19.1 Å². The summed E-state index contributed by atoms with van der Waals surface area (Å²) in [6, 6.07) is 0. The lowest BCUT2D eigenvalue weighted by Gasteiger charge is -2.33. The summed E-state index contributed by atoms with van der Waals surface area (Å²) in [5, 5.41) is -1.86. The number of hydrogen-bond acceptors (Lipinski definition) is 4. The average molecular weight is 302 g/mol. The molecule has 0 aromatic rings. The molecule has 7 heteroatoms. The van der Waals surface area contributed by atoms with Crippen LogP contribution in [0.4, 0.5) is 0 Å². The zero-order valence-corrected chi connectivity index (χ0v) is 11.1. The van der Waals surface area contributed by atoms with Gasteiger partial charge in [0.1, 0.15) is 6.61 Å². The van der Waals surface area contributed by atoms with Gasteiger partial charge >= 0.3 is 0 Å². The Morgan fingerprint density at radius 3 is 1.82 bits per heavy atom. The van der Waals surface area contributed by atoms with E-state index in [4.69, 9.17) is 39.5 Å². The molecule has 0 aromatic carbocycles. The van der Waals surface area contributed by atoms with Crippen LogP contribution in [0.15, 0.2) is 0 Å². The Bertz CT molecular complexity index is 310. The summed E-state index contributed by atoms with van der Waals surface area (Å²) in [5.74, 6) is -1.23. The molecule has 4 nitrogen and oxygen atoms in total. The lowest BCUT2D eigenvalue weighted by molar-refractivity contribution is -0.137. The monoisotopic (exact) mass is 300 g/mol. The van der Waals surface area contributed by atoms with E-state index in [1.165, 1.54) is 0 Å². The third kappa shape index (κ3) is 4.21. The molecule has 0 N–H and O–H groups in total. The first kappa shape index (κ1) is 14.9. The fraction of sp³-hybridized carbons (Fsp3) is 0.700. The van der Waals surface area contributed by atoms with Crippen molar-refractivity contribution in [3.8, 4) is 0 Å². The highest BCUT2D eigenvalue weighted by atomic mass is 35.5. The summed E-state index contributed by atoms with van der Waals surface area (Å²) >= 11 is 16.0. The van der Waals surface area contributed by atoms with Crippen LogP contribution in [-0.4, -0.2) is 28.4 Å². The van der Waals surface area contributed by atoms with E-state index in [2.05, 4.69) is 0 Å². The first-order chi connectivity index (χ1) is 7.93. The molecular weight excluding hydrogens is 290 g/mol. The van der Waals surface area contributed by atoms with Crippen molar-refractivity contribution >= 4 is 50.5 Å². The van der Waals surface area contributed by atoms with E-state index in [0.29, 0.717) is 19.3 Å². The topological polar surface area (TPSA) is 60.4 Å². The summed E-state index contributed by atoms with van der Waals surface area (Å²) in [6.07, 6.45) is 0.941. The van der Waals surface area contributed by atoms with E-state index in [0.717, 1.165) is 0 Å². The molecule has 0 heterocycles. The number of carbonyl (C=O) groups is 3. The number of halogens is 3. The molecule has 96 valence electrons. The Balaban J connectivity index is 2.79. The first-order valence-corrected chi connectivity index (χ1v) is 6.25. The Labute approximate surface area is 114 Å². The van der Waals surface area contributed by atoms with E-state index < -0.39 is 33.7 Å². The van der Waals surface area contributed by atoms with Crippen molar-refractivity contribution in [3.05, 3.63) is 0 Å². The molecule has 0 spiro atoms. The largest absolute Gasteiger partial charge is 0.367 e. The predicted octanol–water partition coefficient (Wildman–Crippen LogP) is 2.08. The second-order valence-electron chi connectivity index (χ2n) is 3.88. The molecular formula is C10H11Cl3O4. The van der Waals surface area contributed by atoms with Crippen LogP contribution in [0.2, 0.25) is 0 Å². The lowest BCUT2D eigenvalue weighted by atomic mass is 9.79. The van der Waals surface area contributed by atoms with Gasteiger partial charge in [-0.3, -0.25) is 14.4 Å². The quantitative estimate of drug-likeness (QED) is 0.730. The van der Waals surface area contributed by atoms with Crippen molar-refractivity contribution in [2.24, 2.45) is 11.8 Å². The highest BCUT2D eigenvalue weighted by molar-refractivity contribution is 6.65. The molecule has 1 fully saturated rings. The Hall–Kier alpha value is -0.160. The Morgan fingerprint density at radius 1 is 1.00 bits per heavy atom. The SMILES string of the molecule is O=C(Cl)COC1C(C(=O)Cl)CCCC1C(=O)Cl. The summed E-state index contributed by atoms with van der Waals surface area (Å²) in [6.45, 7) is -0.367. The normalized spacial score (nSPS) is 28.8. The van der Waals surface area contributed by atoms with Gasteiger partial charge in [-0.05, 0) is 47.6 Å². The average Bonchev–Trinajstić information content (AvgIpc) is 2.25. The highest BCUT2D eigenvalue weighted by Gasteiger charge is 2.40. The molecule has 2 atom stereocenters. The third-order valence-corrected chi connectivity index (χ3v) is 3.47. The fourth-order valence-corrected chi connectivity index (χ4v) is 2.58. The van der Waals surface area contributed by atoms with Gasteiger partial charge in [0.2, 0.25) is 15.7 Å². The molecule has 17 heavy (non-hydrogen) atoms. The minimum absolute atomic E-state index is 0.367. The summed E-state index contributed by atoms with van der Waals surface area (Å²) < 4.78 is 5.20. The minimum Gasteiger partial charge on any atom is -0.367 e. The molecule has 0 aromatic heterocycles. The van der Waals surface area contributed by atoms with E-state index in [9.17, 15) is 14.4 Å². The molecule has 1 aliphatic carbocycles. The van der Waals surface area contributed by atoms with E-state index in [1.54, 1.807) is 0 Å².